The Balaban J connectivity index is 1.85. The van der Waals surface area contributed by atoms with Crippen LogP contribution in [-0.4, -0.2) is 22.8 Å². The molecule has 2 aromatic rings. The van der Waals surface area contributed by atoms with E-state index in [1.807, 2.05) is 0 Å². The zero-order valence-corrected chi connectivity index (χ0v) is 13.8. The number of nitrogens with zero attached hydrogens (tertiary/aromatic N) is 1. The summed E-state index contributed by atoms with van der Waals surface area (Å²) in [4.78, 5) is 34.1. The molecule has 0 radical (unpaired) electrons. The van der Waals surface area contributed by atoms with Crippen LogP contribution in [0.5, 0.6) is 5.75 Å². The largest absolute Gasteiger partial charge is 0.481 e. The number of benzene rings is 2. The molecule has 2 N–H and O–H groups in total. The number of halogens is 1. The van der Waals surface area contributed by atoms with Crippen molar-refractivity contribution in [1.29, 1.82) is 0 Å². The maximum atomic E-state index is 12.8. The summed E-state index contributed by atoms with van der Waals surface area (Å²) in [5.41, 5.74) is 4.39. The van der Waals surface area contributed by atoms with Crippen molar-refractivity contribution in [3.63, 3.8) is 0 Å². The number of hydrogen-bond donors (Lipinski definition) is 2. The Kier molecular flexibility index (Phi) is 6.20. The molecule has 26 heavy (non-hydrogen) atoms. The third-order valence-electron chi connectivity index (χ3n) is 3.36. The first-order valence-electron chi connectivity index (χ1n) is 7.60. The van der Waals surface area contributed by atoms with Gasteiger partial charge in [-0.05, 0) is 31.2 Å². The molecule has 0 saturated carbocycles. The van der Waals surface area contributed by atoms with Gasteiger partial charge in [-0.15, -0.1) is 0 Å². The Hall–Kier alpha value is -3.49. The Morgan fingerprint density at radius 2 is 1.81 bits per heavy atom. The highest BCUT2D eigenvalue weighted by Crippen LogP contribution is 2.18. The van der Waals surface area contributed by atoms with E-state index in [2.05, 4.69) is 10.9 Å². The van der Waals surface area contributed by atoms with E-state index in [0.29, 0.717) is 5.75 Å². The molecule has 8 nitrogen and oxygen atoms in total. The van der Waals surface area contributed by atoms with E-state index in [4.69, 9.17) is 4.74 Å². The number of nitro groups is 1. The zero-order valence-electron chi connectivity index (χ0n) is 13.8. The lowest BCUT2D eigenvalue weighted by Crippen LogP contribution is -2.47. The summed E-state index contributed by atoms with van der Waals surface area (Å²) >= 11 is 0. The second kappa shape index (κ2) is 8.56. The van der Waals surface area contributed by atoms with Crippen molar-refractivity contribution in [2.24, 2.45) is 0 Å². The highest BCUT2D eigenvalue weighted by Gasteiger charge is 2.18. The van der Waals surface area contributed by atoms with Crippen LogP contribution in [-0.2, 0) is 16.0 Å². The molecule has 0 aromatic heterocycles. The van der Waals surface area contributed by atoms with Crippen LogP contribution in [0.2, 0.25) is 0 Å². The fourth-order valence-electron chi connectivity index (χ4n) is 2.06. The highest BCUT2D eigenvalue weighted by atomic mass is 19.1. The third-order valence-corrected chi connectivity index (χ3v) is 3.36. The standard InChI is InChI=1S/C17H16FN3O5/c1-11(26-14-8-6-13(18)7-9-14)17(23)20-19-16(22)10-12-4-2-3-5-15(12)21(24)25/h2-9,11H,10H2,1H3,(H,19,22)(H,20,23)/t11-/m0/s1. The van der Waals surface area contributed by atoms with Gasteiger partial charge in [-0.25, -0.2) is 4.39 Å². The monoisotopic (exact) mass is 361 g/mol. The molecule has 0 aliphatic carbocycles. The highest BCUT2D eigenvalue weighted by molar-refractivity contribution is 5.85. The Labute approximate surface area is 148 Å². The van der Waals surface area contributed by atoms with Gasteiger partial charge in [0, 0.05) is 11.6 Å². The van der Waals surface area contributed by atoms with Crippen LogP contribution in [0.1, 0.15) is 12.5 Å². The van der Waals surface area contributed by atoms with E-state index in [9.17, 15) is 24.1 Å². The topological polar surface area (TPSA) is 111 Å². The predicted molar refractivity (Wildman–Crippen MR) is 89.6 cm³/mol. The van der Waals surface area contributed by atoms with Crippen molar-refractivity contribution in [2.45, 2.75) is 19.4 Å². The van der Waals surface area contributed by atoms with E-state index in [-0.39, 0.29) is 17.7 Å². The van der Waals surface area contributed by atoms with Gasteiger partial charge in [-0.2, -0.15) is 0 Å². The zero-order chi connectivity index (χ0) is 19.1. The van der Waals surface area contributed by atoms with Crippen LogP contribution in [0.4, 0.5) is 10.1 Å². The summed E-state index contributed by atoms with van der Waals surface area (Å²) in [6.07, 6.45) is -1.23. The molecule has 0 aliphatic rings. The second-order valence-electron chi connectivity index (χ2n) is 5.31. The number of rotatable bonds is 6. The van der Waals surface area contributed by atoms with Crippen molar-refractivity contribution in [2.75, 3.05) is 0 Å². The molecule has 0 saturated heterocycles. The molecule has 0 bridgehead atoms. The lowest BCUT2D eigenvalue weighted by atomic mass is 10.1. The number of carbonyl (C=O) groups is 2. The smallest absolute Gasteiger partial charge is 0.279 e. The first kappa shape index (κ1) is 18.8. The van der Waals surface area contributed by atoms with Gasteiger partial charge in [0.1, 0.15) is 11.6 Å². The van der Waals surface area contributed by atoms with Crippen molar-refractivity contribution in [3.8, 4) is 5.75 Å². The number of carbonyl (C=O) groups excluding carboxylic acids is 2. The van der Waals surface area contributed by atoms with Crippen molar-refractivity contribution in [3.05, 3.63) is 70.0 Å². The van der Waals surface area contributed by atoms with Crippen LogP contribution in [0.25, 0.3) is 0 Å². The molecule has 0 spiro atoms. The molecule has 2 amide bonds. The van der Waals surface area contributed by atoms with E-state index < -0.39 is 28.7 Å². The van der Waals surface area contributed by atoms with E-state index in [1.54, 1.807) is 6.07 Å². The minimum Gasteiger partial charge on any atom is -0.481 e. The molecule has 0 aliphatic heterocycles. The van der Waals surface area contributed by atoms with Gasteiger partial charge >= 0.3 is 0 Å². The first-order chi connectivity index (χ1) is 12.4. The maximum absolute atomic E-state index is 12.8. The van der Waals surface area contributed by atoms with Crippen LogP contribution < -0.4 is 15.6 Å². The fourth-order valence-corrected chi connectivity index (χ4v) is 2.06. The molecule has 136 valence electrons. The van der Waals surface area contributed by atoms with Crippen LogP contribution in [0, 0.1) is 15.9 Å². The predicted octanol–water partition coefficient (Wildman–Crippen LogP) is 1.89. The number of ether oxygens (including phenoxy) is 1. The molecular formula is C17H16FN3O5. The van der Waals surface area contributed by atoms with Gasteiger partial charge < -0.3 is 4.74 Å². The SMILES string of the molecule is C[C@H](Oc1ccc(F)cc1)C(=O)NNC(=O)Cc1ccccc1[N+](=O)[O-]. The second-order valence-corrected chi connectivity index (χ2v) is 5.31. The quantitative estimate of drug-likeness (QED) is 0.603. The lowest BCUT2D eigenvalue weighted by Gasteiger charge is -2.15. The average Bonchev–Trinajstić information content (AvgIpc) is 2.61. The average molecular weight is 361 g/mol. The molecule has 0 unspecified atom stereocenters. The minimum atomic E-state index is -0.952. The summed E-state index contributed by atoms with van der Waals surface area (Å²) in [5, 5.41) is 10.9. The molecular weight excluding hydrogens is 345 g/mol. The Bertz CT molecular complexity index is 810. The summed E-state index contributed by atoms with van der Waals surface area (Å²) in [7, 11) is 0. The van der Waals surface area contributed by atoms with E-state index in [0.717, 1.165) is 0 Å². The summed E-state index contributed by atoms with van der Waals surface area (Å²) in [6.45, 7) is 1.45. The van der Waals surface area contributed by atoms with Gasteiger partial charge in [0.2, 0.25) is 5.91 Å². The fraction of sp³-hybridized carbons (Fsp3) is 0.176. The number of amides is 2. The Morgan fingerprint density at radius 1 is 1.15 bits per heavy atom. The molecule has 9 heteroatoms. The first-order valence-corrected chi connectivity index (χ1v) is 7.60. The number of nitro benzene ring substituents is 1. The molecule has 1 atom stereocenters. The summed E-state index contributed by atoms with van der Waals surface area (Å²) in [6, 6.07) is 10.9. The number of hydrogen-bond acceptors (Lipinski definition) is 5. The van der Waals surface area contributed by atoms with E-state index >= 15 is 0 Å². The van der Waals surface area contributed by atoms with Crippen LogP contribution in [0.3, 0.4) is 0 Å². The summed E-state index contributed by atoms with van der Waals surface area (Å²) < 4.78 is 18.1. The van der Waals surface area contributed by atoms with E-state index in [1.165, 1.54) is 49.4 Å². The van der Waals surface area contributed by atoms with Gasteiger partial charge in [-0.3, -0.25) is 30.6 Å². The van der Waals surface area contributed by atoms with Gasteiger partial charge in [0.05, 0.1) is 11.3 Å². The molecule has 0 heterocycles. The maximum Gasteiger partial charge on any atom is 0.279 e. The Morgan fingerprint density at radius 3 is 2.46 bits per heavy atom. The number of nitrogens with one attached hydrogen (secondary N) is 2. The van der Waals surface area contributed by atoms with Gasteiger partial charge in [-0.1, -0.05) is 18.2 Å². The molecule has 2 rings (SSSR count). The van der Waals surface area contributed by atoms with Gasteiger partial charge in [0.25, 0.3) is 11.6 Å². The lowest BCUT2D eigenvalue weighted by molar-refractivity contribution is -0.385. The van der Waals surface area contributed by atoms with Crippen molar-refractivity contribution < 1.29 is 23.6 Å². The number of hydrazine groups is 1. The third kappa shape index (κ3) is 5.26. The minimum absolute atomic E-state index is 0.179. The normalized spacial score (nSPS) is 11.3. The molecule has 0 fully saturated rings. The van der Waals surface area contributed by atoms with Gasteiger partial charge in [0.15, 0.2) is 6.10 Å². The van der Waals surface area contributed by atoms with Crippen LogP contribution >= 0.6 is 0 Å². The number of para-hydroxylation sites is 1. The van der Waals surface area contributed by atoms with Crippen molar-refractivity contribution >= 4 is 17.5 Å². The van der Waals surface area contributed by atoms with Crippen LogP contribution in [0.15, 0.2) is 48.5 Å². The van der Waals surface area contributed by atoms with Crippen molar-refractivity contribution in [1.82, 2.24) is 10.9 Å². The molecule has 2 aromatic carbocycles. The summed E-state index contributed by atoms with van der Waals surface area (Å²) in [5.74, 6) is -1.40.